The minimum atomic E-state index is -0.777. The highest BCUT2D eigenvalue weighted by atomic mass is 16.5. The second-order valence-corrected chi connectivity index (χ2v) is 7.14. The third-order valence-corrected chi connectivity index (χ3v) is 5.72. The average molecular weight is 331 g/mol. The zero-order valence-electron chi connectivity index (χ0n) is 14.1. The lowest BCUT2D eigenvalue weighted by Crippen LogP contribution is -2.59. The summed E-state index contributed by atoms with van der Waals surface area (Å²) in [6, 6.07) is 8.13. The number of aliphatic hydroxyl groups excluding tert-OH is 2. The van der Waals surface area contributed by atoms with Gasteiger partial charge in [-0.2, -0.15) is 0 Å². The minimum absolute atomic E-state index is 0.519. The van der Waals surface area contributed by atoms with Crippen LogP contribution in [0, 0.1) is 6.92 Å². The number of rotatable bonds is 2. The van der Waals surface area contributed by atoms with Crippen molar-refractivity contribution in [2.75, 3.05) is 19.7 Å². The summed E-state index contributed by atoms with van der Waals surface area (Å²) in [5.74, 6) is 1.01. The Hall–Kier alpha value is -1.40. The summed E-state index contributed by atoms with van der Waals surface area (Å²) in [6.45, 7) is 5.08. The van der Waals surface area contributed by atoms with Gasteiger partial charge in [0.1, 0.15) is 17.4 Å². The molecule has 2 saturated heterocycles. The van der Waals surface area contributed by atoms with Crippen LogP contribution in [0.3, 0.4) is 0 Å². The number of para-hydroxylation sites is 1. The van der Waals surface area contributed by atoms with Gasteiger partial charge in [-0.05, 0) is 37.8 Å². The molecule has 3 heterocycles. The van der Waals surface area contributed by atoms with E-state index in [1.54, 1.807) is 0 Å². The van der Waals surface area contributed by atoms with Gasteiger partial charge in [-0.3, -0.25) is 4.90 Å². The van der Waals surface area contributed by atoms with Gasteiger partial charge in [-0.1, -0.05) is 18.2 Å². The molecule has 2 aliphatic heterocycles. The molecule has 0 unspecified atom stereocenters. The van der Waals surface area contributed by atoms with Crippen molar-refractivity contribution in [3.05, 3.63) is 35.6 Å². The first-order valence-corrected chi connectivity index (χ1v) is 8.78. The highest BCUT2D eigenvalue weighted by Gasteiger charge is 2.47. The Kier molecular flexibility index (Phi) is 4.12. The Bertz CT molecular complexity index is 717. The van der Waals surface area contributed by atoms with Crippen LogP contribution >= 0.6 is 0 Å². The Morgan fingerprint density at radius 3 is 2.71 bits per heavy atom. The van der Waals surface area contributed by atoms with Crippen molar-refractivity contribution in [2.24, 2.45) is 0 Å². The number of aryl methyl sites for hydroxylation is 1. The van der Waals surface area contributed by atoms with Gasteiger partial charge in [-0.15, -0.1) is 0 Å². The number of nitrogens with zero attached hydrogens (tertiary/aromatic N) is 1. The van der Waals surface area contributed by atoms with Crippen LogP contribution < -0.4 is 0 Å². The summed E-state index contributed by atoms with van der Waals surface area (Å²) < 4.78 is 11.9. The van der Waals surface area contributed by atoms with Crippen molar-refractivity contribution in [1.29, 1.82) is 0 Å². The van der Waals surface area contributed by atoms with E-state index in [9.17, 15) is 10.2 Å². The zero-order chi connectivity index (χ0) is 16.7. The molecule has 0 saturated carbocycles. The van der Waals surface area contributed by atoms with Crippen molar-refractivity contribution >= 4 is 11.0 Å². The highest BCUT2D eigenvalue weighted by Crippen LogP contribution is 2.36. The molecule has 4 rings (SSSR count). The van der Waals surface area contributed by atoms with Gasteiger partial charge >= 0.3 is 0 Å². The summed E-state index contributed by atoms with van der Waals surface area (Å²) in [5.41, 5.74) is 1.57. The molecule has 2 atom stereocenters. The number of ether oxygens (including phenoxy) is 1. The van der Waals surface area contributed by atoms with E-state index in [1.165, 1.54) is 10.9 Å². The van der Waals surface area contributed by atoms with Crippen LogP contribution in [0.2, 0.25) is 0 Å². The molecular formula is C19H25NO4. The average Bonchev–Trinajstić information content (AvgIpc) is 2.91. The van der Waals surface area contributed by atoms with Gasteiger partial charge in [-0.25, -0.2) is 0 Å². The number of piperidine rings is 1. The standard InChI is InChI=1S/C19H25NO4/c1-13-14-4-2-3-5-16(14)24-17(13)12-20-9-7-19(8-10-20)18(22)15(21)6-11-23-19/h2-5,15,18,21-22H,6-12H2,1H3/t15-,18-/m0/s1. The third kappa shape index (κ3) is 2.65. The minimum Gasteiger partial charge on any atom is -0.459 e. The molecule has 5 nitrogen and oxygen atoms in total. The topological polar surface area (TPSA) is 66.1 Å². The first-order valence-electron chi connectivity index (χ1n) is 8.78. The van der Waals surface area contributed by atoms with E-state index in [-0.39, 0.29) is 0 Å². The number of benzene rings is 1. The first-order chi connectivity index (χ1) is 11.6. The summed E-state index contributed by atoms with van der Waals surface area (Å²) in [7, 11) is 0. The third-order valence-electron chi connectivity index (χ3n) is 5.72. The van der Waals surface area contributed by atoms with E-state index in [1.807, 2.05) is 18.2 Å². The number of furan rings is 1. The van der Waals surface area contributed by atoms with Crippen LogP contribution in [-0.4, -0.2) is 52.6 Å². The van der Waals surface area contributed by atoms with E-state index in [0.717, 1.165) is 43.8 Å². The summed E-state index contributed by atoms with van der Waals surface area (Å²) in [6.07, 6.45) is 0.559. The van der Waals surface area contributed by atoms with Gasteiger partial charge in [0.25, 0.3) is 0 Å². The molecule has 0 aliphatic carbocycles. The van der Waals surface area contributed by atoms with Gasteiger partial charge in [0.2, 0.25) is 0 Å². The normalized spacial score (nSPS) is 27.8. The largest absolute Gasteiger partial charge is 0.459 e. The number of aliphatic hydroxyl groups is 2. The predicted octanol–water partition coefficient (Wildman–Crippen LogP) is 2.22. The van der Waals surface area contributed by atoms with Crippen molar-refractivity contribution in [3.63, 3.8) is 0 Å². The van der Waals surface area contributed by atoms with Crippen LogP contribution in [0.15, 0.2) is 28.7 Å². The molecular weight excluding hydrogens is 306 g/mol. The lowest BCUT2D eigenvalue weighted by atomic mass is 9.80. The Morgan fingerprint density at radius 1 is 1.21 bits per heavy atom. The molecule has 130 valence electrons. The fraction of sp³-hybridized carbons (Fsp3) is 0.579. The lowest BCUT2D eigenvalue weighted by Gasteiger charge is -2.48. The fourth-order valence-corrected chi connectivity index (χ4v) is 4.09. The van der Waals surface area contributed by atoms with Crippen molar-refractivity contribution in [1.82, 2.24) is 4.90 Å². The Labute approximate surface area is 141 Å². The maximum atomic E-state index is 10.4. The molecule has 2 fully saturated rings. The maximum absolute atomic E-state index is 10.4. The number of likely N-dealkylation sites (tertiary alicyclic amines) is 1. The molecule has 0 bridgehead atoms. The zero-order valence-corrected chi connectivity index (χ0v) is 14.1. The second kappa shape index (κ2) is 6.15. The molecule has 5 heteroatoms. The van der Waals surface area contributed by atoms with E-state index < -0.39 is 17.8 Å². The first kappa shape index (κ1) is 16.1. The van der Waals surface area contributed by atoms with Crippen LogP contribution in [0.4, 0.5) is 0 Å². The Morgan fingerprint density at radius 2 is 1.96 bits per heavy atom. The molecule has 24 heavy (non-hydrogen) atoms. The number of hydrogen-bond acceptors (Lipinski definition) is 5. The molecule has 2 N–H and O–H groups in total. The van der Waals surface area contributed by atoms with Gasteiger partial charge in [0, 0.05) is 18.5 Å². The summed E-state index contributed by atoms with van der Waals surface area (Å²) in [4.78, 5) is 2.34. The smallest absolute Gasteiger partial charge is 0.134 e. The number of fused-ring (bicyclic) bond motifs is 1. The molecule has 2 aromatic rings. The fourth-order valence-electron chi connectivity index (χ4n) is 4.09. The summed E-state index contributed by atoms with van der Waals surface area (Å²) in [5, 5.41) is 21.5. The molecule has 0 amide bonds. The molecule has 0 radical (unpaired) electrons. The second-order valence-electron chi connectivity index (χ2n) is 7.14. The Balaban J connectivity index is 1.45. The lowest BCUT2D eigenvalue weighted by molar-refractivity contribution is -0.214. The van der Waals surface area contributed by atoms with E-state index in [2.05, 4.69) is 17.9 Å². The van der Waals surface area contributed by atoms with Crippen molar-refractivity contribution in [3.8, 4) is 0 Å². The van der Waals surface area contributed by atoms with E-state index in [0.29, 0.717) is 13.0 Å². The van der Waals surface area contributed by atoms with Crippen LogP contribution in [-0.2, 0) is 11.3 Å². The number of hydrogen-bond donors (Lipinski definition) is 2. The van der Waals surface area contributed by atoms with Gasteiger partial charge in [0.15, 0.2) is 0 Å². The quantitative estimate of drug-likeness (QED) is 0.883. The predicted molar refractivity (Wildman–Crippen MR) is 90.8 cm³/mol. The molecule has 1 aromatic heterocycles. The van der Waals surface area contributed by atoms with Crippen LogP contribution in [0.5, 0.6) is 0 Å². The van der Waals surface area contributed by atoms with Crippen molar-refractivity contribution < 1.29 is 19.4 Å². The molecule has 2 aliphatic rings. The molecule has 1 spiro atoms. The van der Waals surface area contributed by atoms with Crippen LogP contribution in [0.25, 0.3) is 11.0 Å². The highest BCUT2D eigenvalue weighted by molar-refractivity contribution is 5.81. The summed E-state index contributed by atoms with van der Waals surface area (Å²) >= 11 is 0. The maximum Gasteiger partial charge on any atom is 0.134 e. The SMILES string of the molecule is Cc1c(CN2CCC3(CC2)OCC[C@H](O)[C@@H]3O)oc2ccccc12. The monoisotopic (exact) mass is 331 g/mol. The van der Waals surface area contributed by atoms with Gasteiger partial charge in [0.05, 0.1) is 24.9 Å². The van der Waals surface area contributed by atoms with Gasteiger partial charge < -0.3 is 19.4 Å². The van der Waals surface area contributed by atoms with Crippen LogP contribution in [0.1, 0.15) is 30.6 Å². The van der Waals surface area contributed by atoms with E-state index in [4.69, 9.17) is 9.15 Å². The van der Waals surface area contributed by atoms with E-state index >= 15 is 0 Å². The van der Waals surface area contributed by atoms with Crippen molar-refractivity contribution in [2.45, 2.75) is 50.5 Å². The molecule has 1 aromatic carbocycles.